The van der Waals surface area contributed by atoms with E-state index in [1.54, 1.807) is 25.6 Å². The lowest BCUT2D eigenvalue weighted by atomic mass is 10.2. The first kappa shape index (κ1) is 16.6. The van der Waals surface area contributed by atoms with Crippen molar-refractivity contribution in [2.75, 3.05) is 7.11 Å². The van der Waals surface area contributed by atoms with Crippen LogP contribution in [0.5, 0.6) is 5.75 Å². The fourth-order valence-corrected chi connectivity index (χ4v) is 2.31. The number of nitrogens with one attached hydrogen (secondary N) is 1. The van der Waals surface area contributed by atoms with Crippen LogP contribution >= 0.6 is 0 Å². The standard InChI is InChI=1S/C18H18N4O3/c1-24-15-7-3-2-5-13(15)12-20-16(23)8-9-17-21-22-18(25-17)14-6-4-10-19-11-14/h2-7,10-11H,8-9,12H2,1H3,(H,20,23). The van der Waals surface area contributed by atoms with Gasteiger partial charge in [0.15, 0.2) is 0 Å². The highest BCUT2D eigenvalue weighted by molar-refractivity contribution is 5.76. The van der Waals surface area contributed by atoms with Gasteiger partial charge in [0.05, 0.1) is 12.7 Å². The molecule has 2 heterocycles. The van der Waals surface area contributed by atoms with Crippen molar-refractivity contribution in [1.29, 1.82) is 0 Å². The van der Waals surface area contributed by atoms with Crippen molar-refractivity contribution >= 4 is 5.91 Å². The minimum absolute atomic E-state index is 0.0907. The molecule has 0 atom stereocenters. The lowest BCUT2D eigenvalue weighted by molar-refractivity contribution is -0.121. The lowest BCUT2D eigenvalue weighted by Gasteiger charge is -2.09. The molecule has 0 spiro atoms. The van der Waals surface area contributed by atoms with Gasteiger partial charge in [-0.25, -0.2) is 0 Å². The molecule has 0 aliphatic carbocycles. The molecule has 0 aliphatic heterocycles. The fraction of sp³-hybridized carbons (Fsp3) is 0.222. The van der Waals surface area contributed by atoms with E-state index in [9.17, 15) is 4.79 Å². The number of hydrogen-bond donors (Lipinski definition) is 1. The van der Waals surface area contributed by atoms with Gasteiger partial charge in [-0.3, -0.25) is 9.78 Å². The summed E-state index contributed by atoms with van der Waals surface area (Å²) in [6.45, 7) is 0.410. The zero-order valence-electron chi connectivity index (χ0n) is 13.8. The summed E-state index contributed by atoms with van der Waals surface area (Å²) in [5.41, 5.74) is 1.68. The molecule has 3 aromatic rings. The van der Waals surface area contributed by atoms with E-state index in [2.05, 4.69) is 20.5 Å². The minimum atomic E-state index is -0.0907. The highest BCUT2D eigenvalue weighted by Gasteiger charge is 2.11. The third kappa shape index (κ3) is 4.41. The molecular formula is C18H18N4O3. The van der Waals surface area contributed by atoms with E-state index in [0.717, 1.165) is 16.9 Å². The van der Waals surface area contributed by atoms with Gasteiger partial charge in [-0.1, -0.05) is 18.2 Å². The zero-order chi connectivity index (χ0) is 17.5. The van der Waals surface area contributed by atoms with Crippen LogP contribution in [-0.2, 0) is 17.8 Å². The number of aryl methyl sites for hydroxylation is 1. The fourth-order valence-electron chi connectivity index (χ4n) is 2.31. The Morgan fingerprint density at radius 1 is 1.20 bits per heavy atom. The molecule has 0 unspecified atom stereocenters. The molecule has 0 saturated carbocycles. The van der Waals surface area contributed by atoms with E-state index in [4.69, 9.17) is 9.15 Å². The number of carbonyl (C=O) groups is 1. The van der Waals surface area contributed by atoms with Gasteiger partial charge in [0, 0.05) is 37.3 Å². The van der Waals surface area contributed by atoms with Crippen LogP contribution in [0.25, 0.3) is 11.5 Å². The quantitative estimate of drug-likeness (QED) is 0.711. The monoisotopic (exact) mass is 338 g/mol. The van der Waals surface area contributed by atoms with Crippen molar-refractivity contribution in [3.8, 4) is 17.2 Å². The summed E-state index contributed by atoms with van der Waals surface area (Å²) >= 11 is 0. The number of rotatable bonds is 7. The third-order valence-electron chi connectivity index (χ3n) is 3.61. The molecule has 7 nitrogen and oxygen atoms in total. The summed E-state index contributed by atoms with van der Waals surface area (Å²) in [5.74, 6) is 1.48. The number of methoxy groups -OCH3 is 1. The molecule has 1 amide bonds. The van der Waals surface area contributed by atoms with Gasteiger partial charge in [-0.05, 0) is 18.2 Å². The van der Waals surface area contributed by atoms with Crippen molar-refractivity contribution in [1.82, 2.24) is 20.5 Å². The van der Waals surface area contributed by atoms with E-state index in [1.807, 2.05) is 30.3 Å². The van der Waals surface area contributed by atoms with Gasteiger partial charge in [0.25, 0.3) is 0 Å². The number of pyridine rings is 1. The molecule has 1 N–H and O–H groups in total. The van der Waals surface area contributed by atoms with Crippen LogP contribution in [0.2, 0.25) is 0 Å². The summed E-state index contributed by atoms with van der Waals surface area (Å²) in [4.78, 5) is 16.0. The second-order valence-corrected chi connectivity index (χ2v) is 5.33. The molecule has 0 bridgehead atoms. The van der Waals surface area contributed by atoms with Crippen molar-refractivity contribution in [2.45, 2.75) is 19.4 Å². The number of carbonyl (C=O) groups excluding carboxylic acids is 1. The SMILES string of the molecule is COc1ccccc1CNC(=O)CCc1nnc(-c2cccnc2)o1. The maximum absolute atomic E-state index is 12.0. The summed E-state index contributed by atoms with van der Waals surface area (Å²) < 4.78 is 10.8. The van der Waals surface area contributed by atoms with Crippen molar-refractivity contribution < 1.29 is 13.9 Å². The molecule has 2 aromatic heterocycles. The van der Waals surface area contributed by atoms with E-state index < -0.39 is 0 Å². The molecule has 0 radical (unpaired) electrons. The molecule has 0 fully saturated rings. The summed E-state index contributed by atoms with van der Waals surface area (Å²) in [5, 5.41) is 10.8. The van der Waals surface area contributed by atoms with Gasteiger partial charge in [-0.2, -0.15) is 0 Å². The zero-order valence-corrected chi connectivity index (χ0v) is 13.8. The van der Waals surface area contributed by atoms with E-state index in [1.165, 1.54) is 0 Å². The van der Waals surface area contributed by atoms with Crippen LogP contribution in [0.15, 0.2) is 53.2 Å². The molecule has 0 aliphatic rings. The maximum atomic E-state index is 12.0. The number of aromatic nitrogens is 3. The largest absolute Gasteiger partial charge is 0.496 e. The molecule has 128 valence electrons. The Hall–Kier alpha value is -3.22. The summed E-state index contributed by atoms with van der Waals surface area (Å²) in [6, 6.07) is 11.2. The van der Waals surface area contributed by atoms with E-state index in [-0.39, 0.29) is 12.3 Å². The molecule has 7 heteroatoms. The Morgan fingerprint density at radius 3 is 2.88 bits per heavy atom. The highest BCUT2D eigenvalue weighted by atomic mass is 16.5. The normalized spacial score (nSPS) is 10.4. The number of ether oxygens (including phenoxy) is 1. The summed E-state index contributed by atoms with van der Waals surface area (Å²) in [7, 11) is 1.61. The maximum Gasteiger partial charge on any atom is 0.249 e. The molecule has 1 aromatic carbocycles. The Kier molecular flexibility index (Phi) is 5.36. The van der Waals surface area contributed by atoms with Crippen LogP contribution < -0.4 is 10.1 Å². The summed E-state index contributed by atoms with van der Waals surface area (Å²) in [6.07, 6.45) is 3.97. The first-order chi connectivity index (χ1) is 12.3. The van der Waals surface area contributed by atoms with E-state index >= 15 is 0 Å². The molecular weight excluding hydrogens is 320 g/mol. The first-order valence-electron chi connectivity index (χ1n) is 7.87. The highest BCUT2D eigenvalue weighted by Crippen LogP contribution is 2.18. The van der Waals surface area contributed by atoms with Crippen LogP contribution in [0.1, 0.15) is 17.9 Å². The number of amides is 1. The lowest BCUT2D eigenvalue weighted by Crippen LogP contribution is -2.23. The second-order valence-electron chi connectivity index (χ2n) is 5.33. The number of nitrogens with zero attached hydrogens (tertiary/aromatic N) is 3. The number of hydrogen-bond acceptors (Lipinski definition) is 6. The average molecular weight is 338 g/mol. The van der Waals surface area contributed by atoms with Crippen LogP contribution in [0.3, 0.4) is 0 Å². The van der Waals surface area contributed by atoms with Crippen molar-refractivity contribution in [2.24, 2.45) is 0 Å². The van der Waals surface area contributed by atoms with E-state index in [0.29, 0.717) is 24.7 Å². The Labute approximate surface area is 145 Å². The Bertz CT molecular complexity index is 833. The smallest absolute Gasteiger partial charge is 0.249 e. The second kappa shape index (κ2) is 8.05. The number of benzene rings is 1. The van der Waals surface area contributed by atoms with Gasteiger partial charge in [-0.15, -0.1) is 10.2 Å². The van der Waals surface area contributed by atoms with Crippen LogP contribution in [-0.4, -0.2) is 28.2 Å². The van der Waals surface area contributed by atoms with Gasteiger partial charge >= 0.3 is 0 Å². The molecule has 3 rings (SSSR count). The van der Waals surface area contributed by atoms with Gasteiger partial charge in [0.2, 0.25) is 17.7 Å². The van der Waals surface area contributed by atoms with Crippen molar-refractivity contribution in [3.63, 3.8) is 0 Å². The Morgan fingerprint density at radius 2 is 2.08 bits per heavy atom. The topological polar surface area (TPSA) is 90.1 Å². The van der Waals surface area contributed by atoms with Crippen LogP contribution in [0.4, 0.5) is 0 Å². The molecule has 25 heavy (non-hydrogen) atoms. The average Bonchev–Trinajstić information content (AvgIpc) is 3.14. The minimum Gasteiger partial charge on any atom is -0.496 e. The predicted molar refractivity (Wildman–Crippen MR) is 90.7 cm³/mol. The van der Waals surface area contributed by atoms with Crippen molar-refractivity contribution in [3.05, 3.63) is 60.2 Å². The third-order valence-corrected chi connectivity index (χ3v) is 3.61. The Balaban J connectivity index is 1.50. The molecule has 0 saturated heterocycles. The first-order valence-corrected chi connectivity index (χ1v) is 7.87. The van der Waals surface area contributed by atoms with Crippen LogP contribution in [0, 0.1) is 0 Å². The predicted octanol–water partition coefficient (Wildman–Crippen LogP) is 2.39. The van der Waals surface area contributed by atoms with Gasteiger partial charge in [0.1, 0.15) is 5.75 Å². The number of para-hydroxylation sites is 1. The van der Waals surface area contributed by atoms with Gasteiger partial charge < -0.3 is 14.5 Å².